The lowest BCUT2D eigenvalue weighted by atomic mass is 10.3. The van der Waals surface area contributed by atoms with Gasteiger partial charge in [-0.1, -0.05) is 46.8 Å². The normalized spacial score (nSPS) is 11.0. The van der Waals surface area contributed by atoms with Crippen LogP contribution in [0.1, 0.15) is 5.82 Å². The minimum Gasteiger partial charge on any atom is -0.484 e. The van der Waals surface area contributed by atoms with Crippen LogP contribution in [0.5, 0.6) is 5.75 Å². The van der Waals surface area contributed by atoms with Gasteiger partial charge in [0.05, 0.1) is 21.0 Å². The summed E-state index contributed by atoms with van der Waals surface area (Å²) in [7, 11) is 1.80. The zero-order valence-electron chi connectivity index (χ0n) is 15.6. The van der Waals surface area contributed by atoms with Crippen LogP contribution >= 0.6 is 34.7 Å². The molecule has 2 heterocycles. The number of thiazole rings is 1. The largest absolute Gasteiger partial charge is 0.484 e. The van der Waals surface area contributed by atoms with E-state index in [2.05, 4.69) is 20.5 Å². The molecule has 0 radical (unpaired) electrons. The Kier molecular flexibility index (Phi) is 6.16. The molecule has 0 aliphatic rings. The average molecular weight is 464 g/mol. The highest BCUT2D eigenvalue weighted by Crippen LogP contribution is 2.27. The van der Waals surface area contributed by atoms with Gasteiger partial charge < -0.3 is 14.6 Å². The Labute approximate surface area is 184 Å². The van der Waals surface area contributed by atoms with E-state index in [0.29, 0.717) is 37.1 Å². The van der Waals surface area contributed by atoms with Crippen LogP contribution in [0.25, 0.3) is 10.2 Å². The number of aromatic nitrogens is 4. The molecule has 30 heavy (non-hydrogen) atoms. The van der Waals surface area contributed by atoms with Crippen molar-refractivity contribution in [1.82, 2.24) is 19.7 Å². The maximum Gasteiger partial charge on any atom is 0.236 e. The highest BCUT2D eigenvalue weighted by atomic mass is 35.5. The number of para-hydroxylation sites is 1. The fraction of sp³-hybridized carbons (Fsp3) is 0.158. The van der Waals surface area contributed by atoms with Crippen molar-refractivity contribution < 1.29 is 13.9 Å². The summed E-state index contributed by atoms with van der Waals surface area (Å²) in [5.41, 5.74) is 0.640. The standard InChI is InChI=1S/C19H15ClFN5O2S2/c1-26-16(9-28-14-5-3-2-4-12(14)20)24-25-19(26)29-10-17(27)23-18-22-13-7-6-11(21)8-15(13)30-18/h2-8H,9-10H2,1H3,(H,22,23,27). The number of nitrogens with one attached hydrogen (secondary N) is 1. The lowest BCUT2D eigenvalue weighted by Gasteiger charge is -2.07. The van der Waals surface area contributed by atoms with Crippen LogP contribution in [-0.4, -0.2) is 31.4 Å². The smallest absolute Gasteiger partial charge is 0.236 e. The second kappa shape index (κ2) is 8.99. The van der Waals surface area contributed by atoms with Crippen LogP contribution in [0.3, 0.4) is 0 Å². The molecule has 0 saturated heterocycles. The summed E-state index contributed by atoms with van der Waals surface area (Å²) in [5, 5.41) is 12.5. The molecular formula is C19H15ClFN5O2S2. The third-order valence-corrected chi connectivity index (χ3v) is 6.31. The highest BCUT2D eigenvalue weighted by molar-refractivity contribution is 7.99. The second-order valence-electron chi connectivity index (χ2n) is 6.14. The molecule has 2 aromatic carbocycles. The fourth-order valence-corrected chi connectivity index (χ4v) is 4.37. The van der Waals surface area contributed by atoms with Gasteiger partial charge in [-0.05, 0) is 30.3 Å². The van der Waals surface area contributed by atoms with Gasteiger partial charge in [-0.15, -0.1) is 10.2 Å². The first kappa shape index (κ1) is 20.6. The van der Waals surface area contributed by atoms with Gasteiger partial charge in [0.15, 0.2) is 16.1 Å². The molecule has 0 aliphatic heterocycles. The molecule has 0 aliphatic carbocycles. The van der Waals surface area contributed by atoms with E-state index < -0.39 is 0 Å². The molecule has 0 fully saturated rings. The minimum atomic E-state index is -0.337. The van der Waals surface area contributed by atoms with Crippen LogP contribution in [0.15, 0.2) is 47.6 Å². The number of benzene rings is 2. The van der Waals surface area contributed by atoms with Crippen molar-refractivity contribution in [2.45, 2.75) is 11.8 Å². The zero-order chi connectivity index (χ0) is 21.1. The van der Waals surface area contributed by atoms with Crippen molar-refractivity contribution in [3.63, 3.8) is 0 Å². The van der Waals surface area contributed by atoms with E-state index in [1.165, 1.54) is 35.2 Å². The molecule has 0 bridgehead atoms. The van der Waals surface area contributed by atoms with Crippen molar-refractivity contribution in [3.05, 3.63) is 59.1 Å². The topological polar surface area (TPSA) is 81.9 Å². The van der Waals surface area contributed by atoms with Gasteiger partial charge in [0.25, 0.3) is 0 Å². The summed E-state index contributed by atoms with van der Waals surface area (Å²) < 4.78 is 21.4. The predicted molar refractivity (Wildman–Crippen MR) is 116 cm³/mol. The van der Waals surface area contributed by atoms with E-state index in [1.807, 2.05) is 12.1 Å². The first-order chi connectivity index (χ1) is 14.5. The van der Waals surface area contributed by atoms with Crippen molar-refractivity contribution in [1.29, 1.82) is 0 Å². The minimum absolute atomic E-state index is 0.127. The molecule has 4 aromatic rings. The number of hydrogen-bond donors (Lipinski definition) is 1. The van der Waals surface area contributed by atoms with Gasteiger partial charge in [0.1, 0.15) is 18.2 Å². The number of carbonyl (C=O) groups is 1. The summed E-state index contributed by atoms with van der Waals surface area (Å²) >= 11 is 8.54. The summed E-state index contributed by atoms with van der Waals surface area (Å²) in [6, 6.07) is 11.5. The lowest BCUT2D eigenvalue weighted by molar-refractivity contribution is -0.113. The average Bonchev–Trinajstić information content (AvgIpc) is 3.28. The van der Waals surface area contributed by atoms with E-state index in [1.54, 1.807) is 29.8 Å². The number of rotatable bonds is 7. The number of amides is 1. The van der Waals surface area contributed by atoms with Crippen LogP contribution in [0, 0.1) is 5.82 Å². The first-order valence-corrected chi connectivity index (χ1v) is 10.9. The SMILES string of the molecule is Cn1c(COc2ccccc2Cl)nnc1SCC(=O)Nc1nc2ccc(F)cc2s1. The number of nitrogens with zero attached hydrogens (tertiary/aromatic N) is 4. The molecule has 11 heteroatoms. The molecule has 1 N–H and O–H groups in total. The van der Waals surface area contributed by atoms with Gasteiger partial charge in [-0.2, -0.15) is 0 Å². The number of ether oxygens (including phenoxy) is 1. The number of fused-ring (bicyclic) bond motifs is 1. The Morgan fingerprint density at radius 3 is 2.97 bits per heavy atom. The predicted octanol–water partition coefficient (Wildman–Crippen LogP) is 4.53. The zero-order valence-corrected chi connectivity index (χ0v) is 18.0. The number of hydrogen-bond acceptors (Lipinski definition) is 7. The van der Waals surface area contributed by atoms with Gasteiger partial charge in [-0.25, -0.2) is 9.37 Å². The Hall–Kier alpha value is -2.69. The van der Waals surface area contributed by atoms with Gasteiger partial charge in [-0.3, -0.25) is 4.79 Å². The summed E-state index contributed by atoms with van der Waals surface area (Å²) in [4.78, 5) is 16.5. The van der Waals surface area contributed by atoms with Crippen molar-refractivity contribution in [2.24, 2.45) is 7.05 Å². The van der Waals surface area contributed by atoms with Crippen molar-refractivity contribution in [2.75, 3.05) is 11.1 Å². The van der Waals surface area contributed by atoms with Crippen LogP contribution in [0.4, 0.5) is 9.52 Å². The molecular weight excluding hydrogens is 449 g/mol. The Morgan fingerprint density at radius 1 is 1.30 bits per heavy atom. The van der Waals surface area contributed by atoms with Crippen molar-refractivity contribution >= 4 is 56.0 Å². The molecule has 2 aromatic heterocycles. The van der Waals surface area contributed by atoms with E-state index in [4.69, 9.17) is 16.3 Å². The summed E-state index contributed by atoms with van der Waals surface area (Å²) in [5.74, 6) is 0.715. The van der Waals surface area contributed by atoms with E-state index in [0.717, 1.165) is 0 Å². The molecule has 0 atom stereocenters. The number of carbonyl (C=O) groups excluding carboxylic acids is 1. The highest BCUT2D eigenvalue weighted by Gasteiger charge is 2.14. The second-order valence-corrected chi connectivity index (χ2v) is 8.53. The number of halogens is 2. The molecule has 7 nitrogen and oxygen atoms in total. The molecule has 0 spiro atoms. The van der Waals surface area contributed by atoms with Crippen molar-refractivity contribution in [3.8, 4) is 5.75 Å². The van der Waals surface area contributed by atoms with E-state index in [9.17, 15) is 9.18 Å². The van der Waals surface area contributed by atoms with E-state index in [-0.39, 0.29) is 24.1 Å². The maximum absolute atomic E-state index is 13.3. The molecule has 4 rings (SSSR count). The van der Waals surface area contributed by atoms with Crippen LogP contribution in [-0.2, 0) is 18.4 Å². The molecule has 0 saturated carbocycles. The quantitative estimate of drug-likeness (QED) is 0.405. The van der Waals surface area contributed by atoms with Gasteiger partial charge >= 0.3 is 0 Å². The van der Waals surface area contributed by atoms with Gasteiger partial charge in [0, 0.05) is 7.05 Å². The Balaban J connectivity index is 1.33. The monoisotopic (exact) mass is 463 g/mol. The molecule has 1 amide bonds. The maximum atomic E-state index is 13.3. The van der Waals surface area contributed by atoms with E-state index >= 15 is 0 Å². The number of thioether (sulfide) groups is 1. The molecule has 154 valence electrons. The third kappa shape index (κ3) is 4.72. The van der Waals surface area contributed by atoms with Crippen LogP contribution < -0.4 is 10.1 Å². The Morgan fingerprint density at radius 2 is 2.13 bits per heavy atom. The van der Waals surface area contributed by atoms with Crippen LogP contribution in [0.2, 0.25) is 5.02 Å². The molecule has 0 unspecified atom stereocenters. The first-order valence-electron chi connectivity index (χ1n) is 8.74. The van der Waals surface area contributed by atoms with Gasteiger partial charge in [0.2, 0.25) is 5.91 Å². The lowest BCUT2D eigenvalue weighted by Crippen LogP contribution is -2.14. The summed E-state index contributed by atoms with van der Waals surface area (Å²) in [6.07, 6.45) is 0. The number of anilines is 1. The summed E-state index contributed by atoms with van der Waals surface area (Å²) in [6.45, 7) is 0.197. The third-order valence-electron chi connectivity index (χ3n) is 4.05. The fourth-order valence-electron chi connectivity index (χ4n) is 2.54. The Bertz CT molecular complexity index is 1210.